The van der Waals surface area contributed by atoms with Crippen molar-refractivity contribution in [2.75, 3.05) is 5.32 Å². The Morgan fingerprint density at radius 3 is 2.92 bits per heavy atom. The molecule has 0 saturated heterocycles. The highest BCUT2D eigenvalue weighted by atomic mass is 16.6. The zero-order valence-electron chi connectivity index (χ0n) is 6.94. The van der Waals surface area contributed by atoms with E-state index in [9.17, 15) is 4.79 Å². The molecule has 2 rings (SSSR count). The van der Waals surface area contributed by atoms with Crippen LogP contribution >= 0.6 is 0 Å². The molecule has 0 bridgehead atoms. The van der Waals surface area contributed by atoms with Crippen molar-refractivity contribution in [3.8, 4) is 0 Å². The Morgan fingerprint density at radius 1 is 1.38 bits per heavy atom. The quantitative estimate of drug-likeness (QED) is 0.710. The van der Waals surface area contributed by atoms with E-state index in [0.29, 0.717) is 16.7 Å². The van der Waals surface area contributed by atoms with Crippen LogP contribution in [0.1, 0.15) is 6.92 Å². The lowest BCUT2D eigenvalue weighted by atomic mass is 10.3. The van der Waals surface area contributed by atoms with Gasteiger partial charge in [0, 0.05) is 12.6 Å². The van der Waals surface area contributed by atoms with Gasteiger partial charge in [-0.25, -0.2) is 4.63 Å². The number of aromatic nitrogens is 2. The first-order valence-corrected chi connectivity index (χ1v) is 3.75. The van der Waals surface area contributed by atoms with E-state index in [2.05, 4.69) is 20.3 Å². The van der Waals surface area contributed by atoms with Crippen molar-refractivity contribution in [1.29, 1.82) is 0 Å². The first-order chi connectivity index (χ1) is 6.25. The highest BCUT2D eigenvalue weighted by Gasteiger charge is 2.01. The van der Waals surface area contributed by atoms with Crippen molar-refractivity contribution >= 4 is 22.6 Å². The molecule has 0 spiro atoms. The zero-order valence-corrected chi connectivity index (χ0v) is 6.94. The van der Waals surface area contributed by atoms with Crippen LogP contribution in [0.5, 0.6) is 0 Å². The van der Waals surface area contributed by atoms with Gasteiger partial charge in [-0.05, 0) is 28.5 Å². The average molecular weight is 177 g/mol. The van der Waals surface area contributed by atoms with Crippen LogP contribution in [-0.2, 0) is 4.79 Å². The number of anilines is 1. The number of amides is 1. The molecular formula is C8H7N3O2. The number of fused-ring (bicyclic) bond motifs is 1. The van der Waals surface area contributed by atoms with Crippen LogP contribution in [0.25, 0.3) is 11.0 Å². The van der Waals surface area contributed by atoms with Crippen molar-refractivity contribution in [1.82, 2.24) is 10.3 Å². The highest BCUT2D eigenvalue weighted by molar-refractivity contribution is 5.91. The summed E-state index contributed by atoms with van der Waals surface area (Å²) in [4.78, 5) is 10.7. The zero-order chi connectivity index (χ0) is 9.26. The molecule has 0 aliphatic heterocycles. The molecule has 1 heterocycles. The first kappa shape index (κ1) is 7.72. The summed E-state index contributed by atoms with van der Waals surface area (Å²) < 4.78 is 4.51. The molecule has 0 fully saturated rings. The molecule has 0 saturated carbocycles. The highest BCUT2D eigenvalue weighted by Crippen LogP contribution is 2.15. The van der Waals surface area contributed by atoms with Gasteiger partial charge in [-0.2, -0.15) is 0 Å². The van der Waals surface area contributed by atoms with Crippen molar-refractivity contribution in [2.45, 2.75) is 6.92 Å². The lowest BCUT2D eigenvalue weighted by Crippen LogP contribution is -2.05. The second-order valence-corrected chi connectivity index (χ2v) is 2.65. The number of hydrogen-bond donors (Lipinski definition) is 1. The summed E-state index contributed by atoms with van der Waals surface area (Å²) in [7, 11) is 0. The van der Waals surface area contributed by atoms with Gasteiger partial charge in [-0.15, -0.1) is 0 Å². The third kappa shape index (κ3) is 1.48. The molecule has 0 aliphatic carbocycles. The van der Waals surface area contributed by atoms with Crippen molar-refractivity contribution < 1.29 is 9.42 Å². The normalized spacial score (nSPS) is 10.2. The Balaban J connectivity index is 2.42. The van der Waals surface area contributed by atoms with Gasteiger partial charge < -0.3 is 5.32 Å². The Labute approximate surface area is 73.7 Å². The molecular weight excluding hydrogens is 170 g/mol. The molecule has 66 valence electrons. The van der Waals surface area contributed by atoms with Crippen molar-refractivity contribution in [3.05, 3.63) is 18.2 Å². The van der Waals surface area contributed by atoms with E-state index in [-0.39, 0.29) is 5.91 Å². The molecule has 5 heteroatoms. The topological polar surface area (TPSA) is 68.0 Å². The minimum absolute atomic E-state index is 0.115. The number of carbonyl (C=O) groups excluding carboxylic acids is 1. The average Bonchev–Trinajstić information content (AvgIpc) is 2.49. The minimum Gasteiger partial charge on any atom is -0.326 e. The third-order valence-corrected chi connectivity index (χ3v) is 1.57. The van der Waals surface area contributed by atoms with Crippen LogP contribution in [0.2, 0.25) is 0 Å². The van der Waals surface area contributed by atoms with Gasteiger partial charge >= 0.3 is 0 Å². The van der Waals surface area contributed by atoms with Gasteiger partial charge in [0.2, 0.25) is 5.91 Å². The predicted molar refractivity (Wildman–Crippen MR) is 46.1 cm³/mol. The minimum atomic E-state index is -0.115. The van der Waals surface area contributed by atoms with E-state index in [0.717, 1.165) is 0 Å². The van der Waals surface area contributed by atoms with Gasteiger partial charge in [0.05, 0.1) is 0 Å². The Bertz CT molecular complexity index is 449. The summed E-state index contributed by atoms with van der Waals surface area (Å²) in [5.74, 6) is -0.115. The molecule has 1 aromatic heterocycles. The summed E-state index contributed by atoms with van der Waals surface area (Å²) in [6.45, 7) is 1.45. The maximum atomic E-state index is 10.7. The molecule has 13 heavy (non-hydrogen) atoms. The second kappa shape index (κ2) is 2.85. The maximum Gasteiger partial charge on any atom is 0.221 e. The van der Waals surface area contributed by atoms with E-state index in [1.807, 2.05) is 0 Å². The summed E-state index contributed by atoms with van der Waals surface area (Å²) in [5.41, 5.74) is 2.00. The molecule has 5 nitrogen and oxygen atoms in total. The fourth-order valence-corrected chi connectivity index (χ4v) is 1.06. The first-order valence-electron chi connectivity index (χ1n) is 3.75. The fraction of sp³-hybridized carbons (Fsp3) is 0.125. The summed E-state index contributed by atoms with van der Waals surface area (Å²) in [6.07, 6.45) is 0. The van der Waals surface area contributed by atoms with Crippen LogP contribution < -0.4 is 5.32 Å². The van der Waals surface area contributed by atoms with E-state index >= 15 is 0 Å². The monoisotopic (exact) mass is 177 g/mol. The van der Waals surface area contributed by atoms with Crippen LogP contribution in [0.4, 0.5) is 5.69 Å². The smallest absolute Gasteiger partial charge is 0.221 e. The summed E-state index contributed by atoms with van der Waals surface area (Å²) >= 11 is 0. The van der Waals surface area contributed by atoms with E-state index in [1.54, 1.807) is 18.2 Å². The summed E-state index contributed by atoms with van der Waals surface area (Å²) in [6, 6.07) is 5.18. The standard InChI is InChI=1S/C8H7N3O2/c1-5(12)9-6-2-3-7-8(4-6)11-13-10-7/h2-4H,1H3,(H,9,12). The second-order valence-electron chi connectivity index (χ2n) is 2.65. The third-order valence-electron chi connectivity index (χ3n) is 1.57. The lowest BCUT2D eigenvalue weighted by Gasteiger charge is -1.98. The molecule has 1 N–H and O–H groups in total. The van der Waals surface area contributed by atoms with Gasteiger partial charge in [-0.3, -0.25) is 4.79 Å². The van der Waals surface area contributed by atoms with Crippen molar-refractivity contribution in [2.24, 2.45) is 0 Å². The Morgan fingerprint density at radius 2 is 2.15 bits per heavy atom. The largest absolute Gasteiger partial charge is 0.326 e. The summed E-state index contributed by atoms with van der Waals surface area (Å²) in [5, 5.41) is 9.93. The van der Waals surface area contributed by atoms with Gasteiger partial charge in [0.15, 0.2) is 0 Å². The molecule has 1 aromatic carbocycles. The predicted octanol–water partition coefficient (Wildman–Crippen LogP) is 1.18. The van der Waals surface area contributed by atoms with E-state index in [4.69, 9.17) is 0 Å². The van der Waals surface area contributed by atoms with Gasteiger partial charge in [0.25, 0.3) is 0 Å². The number of nitrogens with zero attached hydrogens (tertiary/aromatic N) is 2. The van der Waals surface area contributed by atoms with Crippen LogP contribution in [0, 0.1) is 0 Å². The van der Waals surface area contributed by atoms with Gasteiger partial charge in [-0.1, -0.05) is 0 Å². The number of benzene rings is 1. The molecule has 0 radical (unpaired) electrons. The SMILES string of the molecule is CC(=O)Nc1ccc2nonc2c1. The van der Waals surface area contributed by atoms with Crippen LogP contribution in [0.3, 0.4) is 0 Å². The number of hydrogen-bond acceptors (Lipinski definition) is 4. The van der Waals surface area contributed by atoms with Crippen LogP contribution in [0.15, 0.2) is 22.8 Å². The molecule has 0 aliphatic rings. The molecule has 0 unspecified atom stereocenters. The molecule has 1 amide bonds. The van der Waals surface area contributed by atoms with E-state index in [1.165, 1.54) is 6.92 Å². The van der Waals surface area contributed by atoms with Gasteiger partial charge in [0.1, 0.15) is 11.0 Å². The maximum absolute atomic E-state index is 10.7. The molecule has 2 aromatic rings. The fourth-order valence-electron chi connectivity index (χ4n) is 1.06. The van der Waals surface area contributed by atoms with E-state index < -0.39 is 0 Å². The number of carbonyl (C=O) groups is 1. The Hall–Kier alpha value is -1.91. The van der Waals surface area contributed by atoms with Crippen LogP contribution in [-0.4, -0.2) is 16.2 Å². The number of rotatable bonds is 1. The molecule has 0 atom stereocenters. The Kier molecular flexibility index (Phi) is 1.70. The lowest BCUT2D eigenvalue weighted by molar-refractivity contribution is -0.114. The van der Waals surface area contributed by atoms with Crippen molar-refractivity contribution in [3.63, 3.8) is 0 Å². The number of nitrogens with one attached hydrogen (secondary N) is 1.